The van der Waals surface area contributed by atoms with Gasteiger partial charge >= 0.3 is 5.97 Å². The number of phenols is 1. The first-order valence-corrected chi connectivity index (χ1v) is 7.45. The van der Waals surface area contributed by atoms with Crippen molar-refractivity contribution in [3.63, 3.8) is 0 Å². The maximum atomic E-state index is 12.2. The number of phenolic OH excluding ortho intramolecular Hbond substituents is 1. The molecule has 2 rings (SSSR count). The summed E-state index contributed by atoms with van der Waals surface area (Å²) in [6.45, 7) is 1.35. The van der Waals surface area contributed by atoms with Gasteiger partial charge in [0.1, 0.15) is 17.1 Å². The van der Waals surface area contributed by atoms with Crippen LogP contribution in [0.1, 0.15) is 17.3 Å². The molecule has 0 aliphatic heterocycles. The van der Waals surface area contributed by atoms with E-state index in [2.05, 4.69) is 5.32 Å². The molecule has 0 fully saturated rings. The van der Waals surface area contributed by atoms with Gasteiger partial charge in [-0.1, -0.05) is 12.1 Å². The lowest BCUT2D eigenvalue weighted by Crippen LogP contribution is -2.30. The van der Waals surface area contributed by atoms with E-state index in [4.69, 9.17) is 9.47 Å². The third kappa shape index (κ3) is 4.26. The molecular formula is C17H16N2O7. The lowest BCUT2D eigenvalue weighted by atomic mass is 10.2. The minimum atomic E-state index is -1.18. The molecule has 136 valence electrons. The lowest BCUT2D eigenvalue weighted by Gasteiger charge is -2.15. The normalized spacial score (nSPS) is 11.3. The Morgan fingerprint density at radius 3 is 2.54 bits per heavy atom. The Balaban J connectivity index is 2.08. The summed E-state index contributed by atoms with van der Waals surface area (Å²) < 4.78 is 10.0. The number of amides is 1. The molecule has 26 heavy (non-hydrogen) atoms. The topological polar surface area (TPSA) is 128 Å². The second kappa shape index (κ2) is 7.97. The predicted octanol–water partition coefficient (Wildman–Crippen LogP) is 2.49. The molecule has 0 radical (unpaired) electrons. The minimum absolute atomic E-state index is 0.0694. The van der Waals surface area contributed by atoms with Gasteiger partial charge in [0, 0.05) is 6.07 Å². The highest BCUT2D eigenvalue weighted by atomic mass is 16.6. The van der Waals surface area contributed by atoms with Crippen LogP contribution in [-0.4, -0.2) is 35.1 Å². The number of anilines is 1. The molecule has 0 aliphatic rings. The van der Waals surface area contributed by atoms with Gasteiger partial charge in [-0.25, -0.2) is 4.79 Å². The zero-order valence-corrected chi connectivity index (χ0v) is 14.0. The van der Waals surface area contributed by atoms with E-state index in [-0.39, 0.29) is 28.4 Å². The van der Waals surface area contributed by atoms with Gasteiger partial charge in [0.25, 0.3) is 11.6 Å². The fraction of sp³-hybridized carbons (Fsp3) is 0.176. The first-order chi connectivity index (χ1) is 12.3. The van der Waals surface area contributed by atoms with Gasteiger partial charge in [-0.3, -0.25) is 14.9 Å². The SMILES string of the molecule is COc1cc([N+](=O)[O-])ccc1NC(=O)[C@@H](C)OC(=O)c1ccccc1O. The molecule has 0 saturated carbocycles. The molecule has 9 nitrogen and oxygen atoms in total. The van der Waals surface area contributed by atoms with Gasteiger partial charge in [0.15, 0.2) is 6.10 Å². The first kappa shape index (κ1) is 18.7. The van der Waals surface area contributed by atoms with E-state index in [0.717, 1.165) is 6.07 Å². The number of ether oxygens (including phenoxy) is 2. The van der Waals surface area contributed by atoms with Crippen molar-refractivity contribution in [2.45, 2.75) is 13.0 Å². The van der Waals surface area contributed by atoms with Crippen molar-refractivity contribution in [3.8, 4) is 11.5 Å². The van der Waals surface area contributed by atoms with Crippen LogP contribution in [-0.2, 0) is 9.53 Å². The molecule has 1 amide bonds. The highest BCUT2D eigenvalue weighted by Crippen LogP contribution is 2.29. The maximum absolute atomic E-state index is 12.2. The molecule has 0 heterocycles. The number of carbonyl (C=O) groups excluding carboxylic acids is 2. The highest BCUT2D eigenvalue weighted by molar-refractivity contribution is 5.99. The summed E-state index contributed by atoms with van der Waals surface area (Å²) in [6.07, 6.45) is -1.18. The number of esters is 1. The van der Waals surface area contributed by atoms with Crippen LogP contribution in [0.3, 0.4) is 0 Å². The number of non-ortho nitro benzene ring substituents is 1. The Morgan fingerprint density at radius 2 is 1.92 bits per heavy atom. The summed E-state index contributed by atoms with van der Waals surface area (Å²) >= 11 is 0. The molecule has 0 aliphatic carbocycles. The van der Waals surface area contributed by atoms with Crippen molar-refractivity contribution in [2.75, 3.05) is 12.4 Å². The Morgan fingerprint density at radius 1 is 1.23 bits per heavy atom. The number of hydrogen-bond acceptors (Lipinski definition) is 7. The van der Waals surface area contributed by atoms with E-state index >= 15 is 0 Å². The molecule has 0 spiro atoms. The van der Waals surface area contributed by atoms with Crippen LogP contribution in [0.25, 0.3) is 0 Å². The molecule has 0 unspecified atom stereocenters. The Bertz CT molecular complexity index is 851. The fourth-order valence-corrected chi connectivity index (χ4v) is 2.05. The third-order valence-electron chi connectivity index (χ3n) is 3.43. The van der Waals surface area contributed by atoms with Crippen molar-refractivity contribution in [2.24, 2.45) is 0 Å². The number of nitro groups is 1. The van der Waals surface area contributed by atoms with E-state index in [1.807, 2.05) is 0 Å². The van der Waals surface area contributed by atoms with E-state index in [9.17, 15) is 24.8 Å². The van der Waals surface area contributed by atoms with Gasteiger partial charge in [0.05, 0.1) is 23.8 Å². The first-order valence-electron chi connectivity index (χ1n) is 7.45. The van der Waals surface area contributed by atoms with Crippen LogP contribution in [0, 0.1) is 10.1 Å². The summed E-state index contributed by atoms with van der Waals surface area (Å²) in [5.74, 6) is -1.70. The minimum Gasteiger partial charge on any atom is -0.507 e. The molecule has 9 heteroatoms. The zero-order valence-electron chi connectivity index (χ0n) is 14.0. The summed E-state index contributed by atoms with van der Waals surface area (Å²) in [5, 5.41) is 22.9. The van der Waals surface area contributed by atoms with E-state index in [1.165, 1.54) is 38.3 Å². The van der Waals surface area contributed by atoms with Crippen LogP contribution in [0.15, 0.2) is 42.5 Å². The summed E-state index contributed by atoms with van der Waals surface area (Å²) in [7, 11) is 1.30. The van der Waals surface area contributed by atoms with E-state index in [1.54, 1.807) is 12.1 Å². The number of para-hydroxylation sites is 1. The van der Waals surface area contributed by atoms with Crippen LogP contribution >= 0.6 is 0 Å². The lowest BCUT2D eigenvalue weighted by molar-refractivity contribution is -0.384. The van der Waals surface area contributed by atoms with Gasteiger partial charge in [-0.05, 0) is 25.1 Å². The van der Waals surface area contributed by atoms with E-state index < -0.39 is 22.9 Å². The number of rotatable bonds is 6. The van der Waals surface area contributed by atoms with Gasteiger partial charge in [-0.15, -0.1) is 0 Å². The highest BCUT2D eigenvalue weighted by Gasteiger charge is 2.22. The molecule has 2 aromatic carbocycles. The second-order valence-corrected chi connectivity index (χ2v) is 5.20. The molecule has 2 N–H and O–H groups in total. The maximum Gasteiger partial charge on any atom is 0.342 e. The number of methoxy groups -OCH3 is 1. The standard InChI is InChI=1S/C17H16N2O7/c1-10(26-17(22)12-5-3-4-6-14(12)20)16(21)18-13-8-7-11(19(23)24)9-15(13)25-2/h3-10,20H,1-2H3,(H,18,21)/t10-/m1/s1. The average molecular weight is 360 g/mol. The molecule has 0 saturated heterocycles. The number of nitro benzene ring substituents is 1. The largest absolute Gasteiger partial charge is 0.507 e. The van der Waals surface area contributed by atoms with Gasteiger partial charge < -0.3 is 19.9 Å². The van der Waals surface area contributed by atoms with Crippen molar-refractivity contribution in [1.82, 2.24) is 0 Å². The Labute approximate surface area is 148 Å². The average Bonchev–Trinajstić information content (AvgIpc) is 2.61. The number of nitrogens with one attached hydrogen (secondary N) is 1. The quantitative estimate of drug-likeness (QED) is 0.460. The molecule has 1 atom stereocenters. The summed E-state index contributed by atoms with van der Waals surface area (Å²) in [5.41, 5.74) is -0.0764. The number of benzene rings is 2. The number of carbonyl (C=O) groups is 2. The van der Waals surface area contributed by atoms with Crippen LogP contribution in [0.2, 0.25) is 0 Å². The van der Waals surface area contributed by atoms with Crippen LogP contribution in [0.5, 0.6) is 11.5 Å². The Kier molecular flexibility index (Phi) is 5.74. The fourth-order valence-electron chi connectivity index (χ4n) is 2.05. The number of hydrogen-bond donors (Lipinski definition) is 2. The molecule has 0 bridgehead atoms. The number of nitrogens with zero attached hydrogens (tertiary/aromatic N) is 1. The van der Waals surface area contributed by atoms with Crippen molar-refractivity contribution in [3.05, 3.63) is 58.1 Å². The monoisotopic (exact) mass is 360 g/mol. The van der Waals surface area contributed by atoms with Crippen molar-refractivity contribution in [1.29, 1.82) is 0 Å². The smallest absolute Gasteiger partial charge is 0.342 e. The molecule has 2 aromatic rings. The van der Waals surface area contributed by atoms with Crippen molar-refractivity contribution < 1.29 is 29.1 Å². The third-order valence-corrected chi connectivity index (χ3v) is 3.43. The summed E-state index contributed by atoms with van der Waals surface area (Å²) in [6, 6.07) is 9.45. The predicted molar refractivity (Wildman–Crippen MR) is 91.3 cm³/mol. The van der Waals surface area contributed by atoms with Gasteiger partial charge in [0.2, 0.25) is 0 Å². The molecular weight excluding hydrogens is 344 g/mol. The zero-order chi connectivity index (χ0) is 19.3. The molecule has 0 aromatic heterocycles. The van der Waals surface area contributed by atoms with E-state index in [0.29, 0.717) is 0 Å². The second-order valence-electron chi connectivity index (χ2n) is 5.20. The van der Waals surface area contributed by atoms with Crippen LogP contribution in [0.4, 0.5) is 11.4 Å². The van der Waals surface area contributed by atoms with Gasteiger partial charge in [-0.2, -0.15) is 0 Å². The van der Waals surface area contributed by atoms with Crippen LogP contribution < -0.4 is 10.1 Å². The number of aromatic hydroxyl groups is 1. The summed E-state index contributed by atoms with van der Waals surface area (Å²) in [4.78, 5) is 34.4. The van der Waals surface area contributed by atoms with Crippen molar-refractivity contribution >= 4 is 23.3 Å². The Hall–Kier alpha value is -3.62.